The molecule has 0 spiro atoms. The fraction of sp³-hybridized carbons (Fsp3) is 0.217. The molecule has 2 aromatic carbocycles. The first-order chi connectivity index (χ1) is 15.6. The molecule has 0 radical (unpaired) electrons. The van der Waals surface area contributed by atoms with Gasteiger partial charge in [-0.2, -0.15) is 13.2 Å². The molecule has 1 amide bonds. The lowest BCUT2D eigenvalue weighted by Gasteiger charge is -2.35. The molecule has 1 N–H and O–H groups in total. The van der Waals surface area contributed by atoms with Crippen LogP contribution in [0.5, 0.6) is 0 Å². The predicted molar refractivity (Wildman–Crippen MR) is 112 cm³/mol. The van der Waals surface area contributed by atoms with Crippen molar-refractivity contribution in [3.05, 3.63) is 100 Å². The van der Waals surface area contributed by atoms with Crippen molar-refractivity contribution in [2.45, 2.75) is 18.1 Å². The number of halogens is 6. The van der Waals surface area contributed by atoms with E-state index < -0.39 is 42.5 Å². The molecule has 0 aliphatic carbocycles. The highest BCUT2D eigenvalue weighted by Crippen LogP contribution is 2.38. The highest BCUT2D eigenvalue weighted by atomic mass is 35.5. The number of hydrogen-bond acceptors (Lipinski definition) is 3. The monoisotopic (exact) mass is 484 g/mol. The summed E-state index contributed by atoms with van der Waals surface area (Å²) < 4.78 is 72.2. The quantitative estimate of drug-likeness (QED) is 0.414. The van der Waals surface area contributed by atoms with E-state index in [-0.39, 0.29) is 22.7 Å². The van der Waals surface area contributed by atoms with Crippen molar-refractivity contribution in [2.24, 2.45) is 0 Å². The standard InChI is InChI=1S/C23H18ClF5N2O2/c24-18-6-7-20(30-14-18)22(31-21(32)33-9-8-25,13-15-4-2-1-3-5-15)16-10-17(23(27,28)29)12-19(26)11-16/h1-7,10-12,14H,8-9,13H2,(H,31,32)/t22-/m0/s1. The van der Waals surface area contributed by atoms with Crippen molar-refractivity contribution in [1.82, 2.24) is 10.3 Å². The van der Waals surface area contributed by atoms with Crippen molar-refractivity contribution < 1.29 is 31.5 Å². The number of amides is 1. The Labute approximate surface area is 191 Å². The fourth-order valence-electron chi connectivity index (χ4n) is 3.39. The molecular weight excluding hydrogens is 467 g/mol. The Hall–Kier alpha value is -3.20. The Kier molecular flexibility index (Phi) is 7.53. The Bertz CT molecular complexity index is 1090. The van der Waals surface area contributed by atoms with Gasteiger partial charge in [0, 0.05) is 12.6 Å². The van der Waals surface area contributed by atoms with E-state index in [4.69, 9.17) is 16.3 Å². The molecule has 4 nitrogen and oxygen atoms in total. The van der Waals surface area contributed by atoms with Gasteiger partial charge in [-0.05, 0) is 41.5 Å². The van der Waals surface area contributed by atoms with E-state index >= 15 is 0 Å². The van der Waals surface area contributed by atoms with Gasteiger partial charge in [0.15, 0.2) is 0 Å². The van der Waals surface area contributed by atoms with Gasteiger partial charge >= 0.3 is 12.3 Å². The summed E-state index contributed by atoms with van der Waals surface area (Å²) in [5.74, 6) is -1.16. The number of rotatable bonds is 7. The average molecular weight is 485 g/mol. The first-order valence-electron chi connectivity index (χ1n) is 9.69. The van der Waals surface area contributed by atoms with Crippen LogP contribution >= 0.6 is 11.6 Å². The molecule has 3 aromatic rings. The summed E-state index contributed by atoms with van der Waals surface area (Å²) in [7, 11) is 0. The van der Waals surface area contributed by atoms with E-state index in [9.17, 15) is 26.7 Å². The Morgan fingerprint density at radius 2 is 1.73 bits per heavy atom. The Morgan fingerprint density at radius 3 is 2.33 bits per heavy atom. The molecule has 3 rings (SSSR count). The lowest BCUT2D eigenvalue weighted by molar-refractivity contribution is -0.137. The Morgan fingerprint density at radius 1 is 1.03 bits per heavy atom. The summed E-state index contributed by atoms with van der Waals surface area (Å²) in [4.78, 5) is 16.7. The predicted octanol–water partition coefficient (Wildman–Crippen LogP) is 6.07. The molecule has 0 unspecified atom stereocenters. The highest BCUT2D eigenvalue weighted by molar-refractivity contribution is 6.30. The van der Waals surface area contributed by atoms with Crippen molar-refractivity contribution in [2.75, 3.05) is 13.3 Å². The molecule has 0 aliphatic heterocycles. The van der Waals surface area contributed by atoms with E-state index in [1.54, 1.807) is 30.3 Å². The van der Waals surface area contributed by atoms with Gasteiger partial charge < -0.3 is 10.1 Å². The molecule has 1 atom stereocenters. The van der Waals surface area contributed by atoms with Crippen LogP contribution in [0.15, 0.2) is 66.9 Å². The summed E-state index contributed by atoms with van der Waals surface area (Å²) in [5, 5.41) is 2.74. The molecule has 174 valence electrons. The number of benzene rings is 2. The summed E-state index contributed by atoms with van der Waals surface area (Å²) in [6, 6.07) is 13.3. The zero-order valence-electron chi connectivity index (χ0n) is 17.0. The molecular formula is C23H18ClF5N2O2. The van der Waals surface area contributed by atoms with E-state index in [0.29, 0.717) is 11.6 Å². The normalized spacial score (nSPS) is 13.3. The van der Waals surface area contributed by atoms with E-state index in [0.717, 1.165) is 12.1 Å². The maximum Gasteiger partial charge on any atom is 0.416 e. The summed E-state index contributed by atoms with van der Waals surface area (Å²) in [6.45, 7) is -1.53. The zero-order valence-corrected chi connectivity index (χ0v) is 17.8. The molecule has 10 heteroatoms. The van der Waals surface area contributed by atoms with Crippen LogP contribution in [0.25, 0.3) is 0 Å². The number of alkyl halides is 4. The molecule has 33 heavy (non-hydrogen) atoms. The lowest BCUT2D eigenvalue weighted by Crippen LogP contribution is -2.49. The number of nitrogens with one attached hydrogen (secondary N) is 1. The average Bonchev–Trinajstić information content (AvgIpc) is 2.77. The minimum atomic E-state index is -4.85. The second-order valence-electron chi connectivity index (χ2n) is 7.11. The van der Waals surface area contributed by atoms with Gasteiger partial charge in [-0.25, -0.2) is 13.6 Å². The fourth-order valence-corrected chi connectivity index (χ4v) is 3.50. The van der Waals surface area contributed by atoms with Crippen LogP contribution in [0.2, 0.25) is 5.02 Å². The topological polar surface area (TPSA) is 51.2 Å². The first kappa shape index (κ1) is 24.4. The van der Waals surface area contributed by atoms with Crippen LogP contribution in [0.3, 0.4) is 0 Å². The molecule has 0 saturated carbocycles. The van der Waals surface area contributed by atoms with Crippen molar-refractivity contribution >= 4 is 17.7 Å². The number of aromatic nitrogens is 1. The second-order valence-corrected chi connectivity index (χ2v) is 7.54. The zero-order chi connectivity index (χ0) is 24.1. The molecule has 1 heterocycles. The molecule has 0 bridgehead atoms. The van der Waals surface area contributed by atoms with Gasteiger partial charge in [0.2, 0.25) is 0 Å². The molecule has 0 aliphatic rings. The minimum absolute atomic E-state index is 0.0756. The third-order valence-corrected chi connectivity index (χ3v) is 5.04. The van der Waals surface area contributed by atoms with Crippen molar-refractivity contribution in [1.29, 1.82) is 0 Å². The summed E-state index contributed by atoms with van der Waals surface area (Å²) in [6.07, 6.45) is -4.83. The van der Waals surface area contributed by atoms with Crippen LogP contribution in [0.4, 0.5) is 26.7 Å². The van der Waals surface area contributed by atoms with E-state index in [2.05, 4.69) is 10.3 Å². The molecule has 1 aromatic heterocycles. The molecule has 0 fully saturated rings. The summed E-state index contributed by atoms with van der Waals surface area (Å²) in [5.41, 5.74) is -2.61. The maximum atomic E-state index is 14.4. The number of carbonyl (C=O) groups excluding carboxylic acids is 1. The number of carbonyl (C=O) groups is 1. The lowest BCUT2D eigenvalue weighted by atomic mass is 9.80. The summed E-state index contributed by atoms with van der Waals surface area (Å²) >= 11 is 5.93. The Balaban J connectivity index is 2.27. The number of ether oxygens (including phenoxy) is 1. The smallest absolute Gasteiger partial charge is 0.416 e. The van der Waals surface area contributed by atoms with Crippen LogP contribution in [-0.2, 0) is 22.9 Å². The van der Waals surface area contributed by atoms with Crippen LogP contribution in [-0.4, -0.2) is 24.4 Å². The van der Waals surface area contributed by atoms with Crippen LogP contribution in [0.1, 0.15) is 22.4 Å². The SMILES string of the molecule is O=C(N[C@@](Cc1ccccc1)(c1cc(F)cc(C(F)(F)F)c1)c1ccc(Cl)cn1)OCCF. The van der Waals surface area contributed by atoms with Crippen LogP contribution < -0.4 is 5.32 Å². The largest absolute Gasteiger partial charge is 0.447 e. The van der Waals surface area contributed by atoms with E-state index in [1.165, 1.54) is 18.3 Å². The van der Waals surface area contributed by atoms with Crippen molar-refractivity contribution in [3.63, 3.8) is 0 Å². The van der Waals surface area contributed by atoms with Gasteiger partial charge in [-0.3, -0.25) is 4.98 Å². The van der Waals surface area contributed by atoms with Gasteiger partial charge in [0.25, 0.3) is 0 Å². The third kappa shape index (κ3) is 5.98. The van der Waals surface area contributed by atoms with Gasteiger partial charge in [0.1, 0.15) is 24.6 Å². The number of alkyl carbamates (subject to hydrolysis) is 1. The highest BCUT2D eigenvalue weighted by Gasteiger charge is 2.41. The minimum Gasteiger partial charge on any atom is -0.447 e. The number of hydrogen-bond donors (Lipinski definition) is 1. The van der Waals surface area contributed by atoms with Crippen molar-refractivity contribution in [3.8, 4) is 0 Å². The molecule has 0 saturated heterocycles. The second kappa shape index (κ2) is 10.2. The maximum absolute atomic E-state index is 14.4. The first-order valence-corrected chi connectivity index (χ1v) is 10.1. The number of nitrogens with zero attached hydrogens (tertiary/aromatic N) is 1. The van der Waals surface area contributed by atoms with Gasteiger partial charge in [0.05, 0.1) is 16.3 Å². The number of pyridine rings is 1. The van der Waals surface area contributed by atoms with Gasteiger partial charge in [-0.15, -0.1) is 0 Å². The van der Waals surface area contributed by atoms with Gasteiger partial charge in [-0.1, -0.05) is 41.9 Å². The third-order valence-electron chi connectivity index (χ3n) is 4.82. The van der Waals surface area contributed by atoms with Crippen LogP contribution in [0, 0.1) is 5.82 Å². The van der Waals surface area contributed by atoms with E-state index in [1.807, 2.05) is 0 Å².